The lowest BCUT2D eigenvalue weighted by Crippen LogP contribution is -2.17. The van der Waals surface area contributed by atoms with Gasteiger partial charge in [-0.25, -0.2) is 23.4 Å². The summed E-state index contributed by atoms with van der Waals surface area (Å²) in [6, 6.07) is 7.45. The van der Waals surface area contributed by atoms with Crippen molar-refractivity contribution in [2.24, 2.45) is 0 Å². The van der Waals surface area contributed by atoms with Gasteiger partial charge < -0.3 is 16.4 Å². The molecule has 5 N–H and O–H groups in total. The Morgan fingerprint density at radius 1 is 1.12 bits per heavy atom. The molecule has 0 bridgehead atoms. The molecular weight excluding hydrogens is 495 g/mol. The van der Waals surface area contributed by atoms with Crippen LogP contribution in [0.4, 0.5) is 29.0 Å². The summed E-state index contributed by atoms with van der Waals surface area (Å²) in [5.74, 6) is 0.384. The maximum Gasteiger partial charge on any atom is 0.311 e. The molecule has 0 atom stereocenters. The number of anilines is 4. The van der Waals surface area contributed by atoms with Crippen molar-refractivity contribution in [3.8, 4) is 11.3 Å². The van der Waals surface area contributed by atoms with Gasteiger partial charge in [0.15, 0.2) is 0 Å². The van der Waals surface area contributed by atoms with Crippen molar-refractivity contribution in [2.75, 3.05) is 40.4 Å². The molecule has 1 aromatic carbocycles. The van der Waals surface area contributed by atoms with Gasteiger partial charge in [0, 0.05) is 29.7 Å². The third kappa shape index (κ3) is 6.54. The minimum absolute atomic E-state index is 0.149. The fraction of sp³-hybridized carbons (Fsp3) is 0.167. The fourth-order valence-electron chi connectivity index (χ4n) is 2.71. The van der Waals surface area contributed by atoms with Crippen LogP contribution in [-0.2, 0) is 10.0 Å². The van der Waals surface area contributed by atoms with E-state index in [-0.39, 0.29) is 33.9 Å². The molecule has 0 aliphatic rings. The van der Waals surface area contributed by atoms with Crippen LogP contribution in [0.25, 0.3) is 11.3 Å². The van der Waals surface area contributed by atoms with E-state index in [1.165, 1.54) is 24.4 Å². The second kappa shape index (κ2) is 10.0. The van der Waals surface area contributed by atoms with E-state index >= 15 is 0 Å². The molecule has 3 rings (SSSR count). The predicted octanol–water partition coefficient (Wildman–Crippen LogP) is 3.23. The topological polar surface area (TPSA) is 178 Å². The molecule has 0 aliphatic carbocycles. The molecule has 12 nitrogen and oxygen atoms in total. The number of hydrogen-bond donors (Lipinski definition) is 4. The summed E-state index contributed by atoms with van der Waals surface area (Å²) in [7, 11) is -3.59. The number of rotatable bonds is 9. The molecule has 33 heavy (non-hydrogen) atoms. The van der Waals surface area contributed by atoms with Crippen LogP contribution in [0.5, 0.6) is 0 Å². The van der Waals surface area contributed by atoms with Crippen LogP contribution in [0, 0.1) is 10.1 Å². The van der Waals surface area contributed by atoms with Crippen LogP contribution in [0.2, 0.25) is 10.0 Å². The van der Waals surface area contributed by atoms with Crippen LogP contribution in [0.3, 0.4) is 0 Å². The van der Waals surface area contributed by atoms with Crippen LogP contribution < -0.4 is 21.1 Å². The summed E-state index contributed by atoms with van der Waals surface area (Å²) in [6.07, 6.45) is 2.33. The van der Waals surface area contributed by atoms with E-state index < -0.39 is 14.9 Å². The van der Waals surface area contributed by atoms with E-state index in [9.17, 15) is 18.5 Å². The Balaban J connectivity index is 1.74. The lowest BCUT2D eigenvalue weighted by molar-refractivity contribution is -0.384. The van der Waals surface area contributed by atoms with Gasteiger partial charge >= 0.3 is 5.69 Å². The summed E-state index contributed by atoms with van der Waals surface area (Å²) in [4.78, 5) is 22.6. The Morgan fingerprint density at radius 3 is 2.48 bits per heavy atom. The Labute approximate surface area is 198 Å². The minimum Gasteiger partial charge on any atom is -0.378 e. The molecule has 2 heterocycles. The van der Waals surface area contributed by atoms with Crippen molar-refractivity contribution in [1.82, 2.24) is 15.0 Å². The molecule has 0 aliphatic heterocycles. The largest absolute Gasteiger partial charge is 0.378 e. The van der Waals surface area contributed by atoms with Crippen molar-refractivity contribution in [1.29, 1.82) is 0 Å². The Bertz CT molecular complexity index is 1310. The number of nitro groups is 1. The molecule has 2 aromatic heterocycles. The van der Waals surface area contributed by atoms with E-state index in [0.29, 0.717) is 29.5 Å². The second-order valence-corrected chi connectivity index (χ2v) is 9.26. The summed E-state index contributed by atoms with van der Waals surface area (Å²) in [5, 5.41) is 17.5. The SMILES string of the molecule is CS(=O)(=O)Nc1cnc(NCCNc2ccc([N+](=O)[O-])c(N)n2)nc1-c1ccc(Cl)cc1Cl. The molecule has 0 saturated heterocycles. The molecule has 3 aromatic rings. The highest BCUT2D eigenvalue weighted by molar-refractivity contribution is 7.92. The van der Waals surface area contributed by atoms with E-state index in [4.69, 9.17) is 28.9 Å². The first-order valence-electron chi connectivity index (χ1n) is 9.22. The second-order valence-electron chi connectivity index (χ2n) is 6.67. The summed E-state index contributed by atoms with van der Waals surface area (Å²) in [6.45, 7) is 0.694. The highest BCUT2D eigenvalue weighted by Gasteiger charge is 2.16. The van der Waals surface area contributed by atoms with Crippen molar-refractivity contribution < 1.29 is 13.3 Å². The lowest BCUT2D eigenvalue weighted by Gasteiger charge is -2.13. The number of aromatic nitrogens is 3. The number of benzene rings is 1. The van der Waals surface area contributed by atoms with Gasteiger partial charge in [0.25, 0.3) is 0 Å². The van der Waals surface area contributed by atoms with Crippen molar-refractivity contribution in [3.05, 3.63) is 56.7 Å². The van der Waals surface area contributed by atoms with Gasteiger partial charge in [0.05, 0.1) is 28.1 Å². The van der Waals surface area contributed by atoms with Gasteiger partial charge in [0.1, 0.15) is 11.5 Å². The van der Waals surface area contributed by atoms with Crippen molar-refractivity contribution in [3.63, 3.8) is 0 Å². The van der Waals surface area contributed by atoms with E-state index in [1.807, 2.05) is 0 Å². The molecule has 0 spiro atoms. The van der Waals surface area contributed by atoms with E-state index in [2.05, 4.69) is 30.3 Å². The molecule has 0 unspecified atom stereocenters. The maximum absolute atomic E-state index is 11.7. The van der Waals surface area contributed by atoms with Gasteiger partial charge in [-0.15, -0.1) is 0 Å². The number of nitrogens with zero attached hydrogens (tertiary/aromatic N) is 4. The molecule has 0 fully saturated rings. The smallest absolute Gasteiger partial charge is 0.311 e. The predicted molar refractivity (Wildman–Crippen MR) is 128 cm³/mol. The van der Waals surface area contributed by atoms with Gasteiger partial charge in [-0.1, -0.05) is 23.2 Å². The molecule has 0 saturated carbocycles. The number of nitrogens with two attached hydrogens (primary N) is 1. The minimum atomic E-state index is -3.59. The zero-order valence-corrected chi connectivity index (χ0v) is 19.4. The standard InChI is InChI=1S/C18H18Cl2N8O4S/c1-33(31,32)27-13-9-24-18(26-16(13)11-3-2-10(19)8-12(11)20)23-7-6-22-15-5-4-14(28(29)30)17(21)25-15/h2-5,8-9,27H,6-7H2,1H3,(H3,21,22,25)(H,23,24,26). The van der Waals surface area contributed by atoms with Gasteiger partial charge in [-0.3, -0.25) is 14.8 Å². The lowest BCUT2D eigenvalue weighted by atomic mass is 10.1. The van der Waals surface area contributed by atoms with Gasteiger partial charge in [0.2, 0.25) is 21.8 Å². The van der Waals surface area contributed by atoms with E-state index in [1.54, 1.807) is 12.1 Å². The number of pyridine rings is 1. The zero-order valence-electron chi connectivity index (χ0n) is 17.0. The quantitative estimate of drug-likeness (QED) is 0.189. The number of halogens is 2. The highest BCUT2D eigenvalue weighted by Crippen LogP contribution is 2.34. The third-order valence-electron chi connectivity index (χ3n) is 4.08. The average Bonchev–Trinajstić information content (AvgIpc) is 2.71. The highest BCUT2D eigenvalue weighted by atomic mass is 35.5. The van der Waals surface area contributed by atoms with Crippen LogP contribution in [0.15, 0.2) is 36.5 Å². The van der Waals surface area contributed by atoms with Crippen LogP contribution in [0.1, 0.15) is 0 Å². The number of nitrogen functional groups attached to an aromatic ring is 1. The first-order valence-corrected chi connectivity index (χ1v) is 11.9. The molecule has 0 radical (unpaired) electrons. The average molecular weight is 513 g/mol. The van der Waals surface area contributed by atoms with Gasteiger partial charge in [-0.2, -0.15) is 0 Å². The first-order chi connectivity index (χ1) is 15.5. The number of sulfonamides is 1. The monoisotopic (exact) mass is 512 g/mol. The number of hydrogen-bond acceptors (Lipinski definition) is 10. The van der Waals surface area contributed by atoms with E-state index in [0.717, 1.165) is 6.26 Å². The zero-order chi connectivity index (χ0) is 24.2. The molecule has 15 heteroatoms. The summed E-state index contributed by atoms with van der Waals surface area (Å²) >= 11 is 12.2. The Kier molecular flexibility index (Phi) is 7.36. The van der Waals surface area contributed by atoms with Crippen molar-refractivity contribution in [2.45, 2.75) is 0 Å². The first kappa shape index (κ1) is 24.2. The molecular formula is C18H18Cl2N8O4S. The summed E-state index contributed by atoms with van der Waals surface area (Å²) < 4.78 is 25.8. The van der Waals surface area contributed by atoms with Crippen LogP contribution >= 0.6 is 23.2 Å². The van der Waals surface area contributed by atoms with Crippen LogP contribution in [-0.4, -0.2) is 47.6 Å². The maximum atomic E-state index is 11.7. The fourth-order valence-corrected chi connectivity index (χ4v) is 3.76. The van der Waals surface area contributed by atoms with Crippen molar-refractivity contribution >= 4 is 62.2 Å². The normalized spacial score (nSPS) is 11.1. The Morgan fingerprint density at radius 2 is 1.85 bits per heavy atom. The Hall–Kier alpha value is -3.42. The molecule has 0 amide bonds. The number of nitrogens with one attached hydrogen (secondary N) is 3. The third-order valence-corrected chi connectivity index (χ3v) is 5.22. The molecule has 174 valence electrons. The van der Waals surface area contributed by atoms with Gasteiger partial charge in [-0.05, 0) is 24.3 Å². The summed E-state index contributed by atoms with van der Waals surface area (Å²) in [5.41, 5.74) is 6.17.